The van der Waals surface area contributed by atoms with Crippen molar-refractivity contribution in [3.05, 3.63) is 35.4 Å². The molecule has 2 aliphatic rings. The molecule has 0 radical (unpaired) electrons. The fourth-order valence-corrected chi connectivity index (χ4v) is 3.34. The summed E-state index contributed by atoms with van der Waals surface area (Å²) in [6.07, 6.45) is 2.57. The molecule has 23 heavy (non-hydrogen) atoms. The molecule has 4 nitrogen and oxygen atoms in total. The number of carbonyl (C=O) groups is 1. The lowest BCUT2D eigenvalue weighted by molar-refractivity contribution is -0.122. The molecule has 0 aromatic heterocycles. The van der Waals surface area contributed by atoms with Gasteiger partial charge in [-0.3, -0.25) is 15.6 Å². The van der Waals surface area contributed by atoms with Gasteiger partial charge in [0, 0.05) is 25.0 Å². The second kappa shape index (κ2) is 6.93. The van der Waals surface area contributed by atoms with E-state index in [1.165, 1.54) is 6.07 Å². The average Bonchev–Trinajstić information content (AvgIpc) is 3.22. The Bertz CT molecular complexity index is 581. The molecule has 1 saturated heterocycles. The number of hydrogen-bond donors (Lipinski definition) is 3. The number of halogens is 2. The Balaban J connectivity index is 1.41. The van der Waals surface area contributed by atoms with Crippen molar-refractivity contribution in [2.45, 2.75) is 38.1 Å². The maximum Gasteiger partial charge on any atom is 0.223 e. The summed E-state index contributed by atoms with van der Waals surface area (Å²) in [6.45, 7) is 3.74. The summed E-state index contributed by atoms with van der Waals surface area (Å²) in [5.74, 6) is -1.53. The summed E-state index contributed by atoms with van der Waals surface area (Å²) >= 11 is 0. The Morgan fingerprint density at radius 3 is 2.96 bits per heavy atom. The summed E-state index contributed by atoms with van der Waals surface area (Å²) in [5, 5.41) is 2.92. The molecule has 126 valence electrons. The third-order valence-electron chi connectivity index (χ3n) is 4.96. The van der Waals surface area contributed by atoms with Crippen molar-refractivity contribution in [2.24, 2.45) is 11.8 Å². The van der Waals surface area contributed by atoms with E-state index in [0.717, 1.165) is 25.5 Å². The number of rotatable bonds is 6. The molecule has 3 N–H and O–H groups in total. The van der Waals surface area contributed by atoms with Crippen molar-refractivity contribution >= 4 is 5.91 Å². The van der Waals surface area contributed by atoms with E-state index in [0.29, 0.717) is 30.5 Å². The minimum atomic E-state index is -0.846. The van der Waals surface area contributed by atoms with Crippen molar-refractivity contribution in [3.8, 4) is 0 Å². The lowest BCUT2D eigenvalue weighted by atomic mass is 9.98. The number of hydrogen-bond acceptors (Lipinski definition) is 3. The molecule has 4 unspecified atom stereocenters. The molecule has 1 amide bonds. The van der Waals surface area contributed by atoms with Crippen LogP contribution in [0.5, 0.6) is 0 Å². The maximum absolute atomic E-state index is 13.7. The molecule has 6 heteroatoms. The van der Waals surface area contributed by atoms with Crippen LogP contribution in [0.15, 0.2) is 18.2 Å². The summed E-state index contributed by atoms with van der Waals surface area (Å²) in [6, 6.07) is 4.61. The zero-order chi connectivity index (χ0) is 16.4. The van der Waals surface area contributed by atoms with E-state index in [1.54, 1.807) is 6.07 Å². The monoisotopic (exact) mass is 323 g/mol. The second-order valence-corrected chi connectivity index (χ2v) is 6.60. The van der Waals surface area contributed by atoms with Gasteiger partial charge in [-0.05, 0) is 49.7 Å². The van der Waals surface area contributed by atoms with Gasteiger partial charge in [0.25, 0.3) is 0 Å². The minimum absolute atomic E-state index is 0.0469. The van der Waals surface area contributed by atoms with E-state index in [1.807, 2.05) is 0 Å². The van der Waals surface area contributed by atoms with Gasteiger partial charge in [-0.25, -0.2) is 8.78 Å². The van der Waals surface area contributed by atoms with E-state index in [9.17, 15) is 13.6 Å². The van der Waals surface area contributed by atoms with Gasteiger partial charge in [-0.1, -0.05) is 12.1 Å². The molecule has 1 aliphatic carbocycles. The average molecular weight is 323 g/mol. The normalized spacial score (nSPS) is 29.5. The molecule has 1 aliphatic heterocycles. The van der Waals surface area contributed by atoms with Gasteiger partial charge >= 0.3 is 0 Å². The van der Waals surface area contributed by atoms with Crippen LogP contribution in [0.1, 0.15) is 37.7 Å². The van der Waals surface area contributed by atoms with Crippen LogP contribution >= 0.6 is 0 Å². The molecule has 0 spiro atoms. The Labute approximate surface area is 135 Å². The van der Waals surface area contributed by atoms with Crippen LogP contribution in [0.25, 0.3) is 0 Å². The molecule has 1 aromatic rings. The smallest absolute Gasteiger partial charge is 0.223 e. The van der Waals surface area contributed by atoms with Gasteiger partial charge in [0.2, 0.25) is 5.91 Å². The first-order valence-corrected chi connectivity index (χ1v) is 8.28. The summed E-state index contributed by atoms with van der Waals surface area (Å²) in [7, 11) is 0. The first kappa shape index (κ1) is 16.3. The molecule has 3 rings (SSSR count). The lowest BCUT2D eigenvalue weighted by Crippen LogP contribution is -2.29. The number of carbonyl (C=O) groups excluding carboxylic acids is 1. The summed E-state index contributed by atoms with van der Waals surface area (Å²) in [4.78, 5) is 12.1. The highest BCUT2D eigenvalue weighted by Gasteiger charge is 2.45. The zero-order valence-electron chi connectivity index (χ0n) is 13.2. The van der Waals surface area contributed by atoms with Crippen molar-refractivity contribution in [2.75, 3.05) is 13.1 Å². The van der Waals surface area contributed by atoms with Gasteiger partial charge in [0.1, 0.15) is 0 Å². The quantitative estimate of drug-likeness (QED) is 0.703. The Morgan fingerprint density at radius 1 is 1.39 bits per heavy atom. The number of amides is 1. The fourth-order valence-electron chi connectivity index (χ4n) is 3.34. The largest absolute Gasteiger partial charge is 0.356 e. The van der Waals surface area contributed by atoms with Gasteiger partial charge in [0.15, 0.2) is 11.6 Å². The van der Waals surface area contributed by atoms with Crippen LogP contribution < -0.4 is 16.2 Å². The van der Waals surface area contributed by atoms with Crippen LogP contribution in [0, 0.1) is 23.5 Å². The molecular weight excluding hydrogens is 300 g/mol. The summed E-state index contributed by atoms with van der Waals surface area (Å²) < 4.78 is 27.0. The maximum atomic E-state index is 13.7. The highest BCUT2D eigenvalue weighted by Crippen LogP contribution is 2.48. The van der Waals surface area contributed by atoms with E-state index >= 15 is 0 Å². The SMILES string of the molecule is CC1NNCC1CCCNC(=O)C1CC1c1cccc(F)c1F. The number of nitrogens with one attached hydrogen (secondary N) is 3. The third-order valence-corrected chi connectivity index (χ3v) is 4.96. The van der Waals surface area contributed by atoms with Crippen LogP contribution in [-0.4, -0.2) is 25.0 Å². The first-order chi connectivity index (χ1) is 11.1. The van der Waals surface area contributed by atoms with Crippen molar-refractivity contribution < 1.29 is 13.6 Å². The number of hydrazine groups is 1. The topological polar surface area (TPSA) is 53.2 Å². The Hall–Kier alpha value is -1.53. The molecule has 4 atom stereocenters. The van der Waals surface area contributed by atoms with E-state index in [2.05, 4.69) is 23.1 Å². The standard InChI is InChI=1S/C17H23F2N3O/c1-10-11(9-21-22-10)4-3-7-20-17(23)14-8-13(14)12-5-2-6-15(18)16(12)19/h2,5-6,10-11,13-14,21-22H,3-4,7-9H2,1H3,(H,20,23). The van der Waals surface area contributed by atoms with Gasteiger partial charge in [-0.2, -0.15) is 0 Å². The van der Waals surface area contributed by atoms with Gasteiger partial charge < -0.3 is 5.32 Å². The Morgan fingerprint density at radius 2 is 2.22 bits per heavy atom. The zero-order valence-corrected chi connectivity index (χ0v) is 13.2. The fraction of sp³-hybridized carbons (Fsp3) is 0.588. The lowest BCUT2D eigenvalue weighted by Gasteiger charge is -2.13. The van der Waals surface area contributed by atoms with Crippen LogP contribution in [0.3, 0.4) is 0 Å². The Kier molecular flexibility index (Phi) is 4.92. The van der Waals surface area contributed by atoms with Gasteiger partial charge in [-0.15, -0.1) is 0 Å². The predicted molar refractivity (Wildman–Crippen MR) is 83.5 cm³/mol. The van der Waals surface area contributed by atoms with Crippen LogP contribution in [-0.2, 0) is 4.79 Å². The molecule has 1 aromatic carbocycles. The molecule has 1 heterocycles. The highest BCUT2D eigenvalue weighted by atomic mass is 19.2. The summed E-state index contributed by atoms with van der Waals surface area (Å²) in [5.41, 5.74) is 6.63. The number of benzene rings is 1. The van der Waals surface area contributed by atoms with Crippen LogP contribution in [0.4, 0.5) is 8.78 Å². The molecule has 2 fully saturated rings. The van der Waals surface area contributed by atoms with Crippen LogP contribution in [0.2, 0.25) is 0 Å². The molecule has 1 saturated carbocycles. The first-order valence-electron chi connectivity index (χ1n) is 8.28. The van der Waals surface area contributed by atoms with Crippen molar-refractivity contribution in [3.63, 3.8) is 0 Å². The van der Waals surface area contributed by atoms with E-state index in [-0.39, 0.29) is 17.7 Å². The highest BCUT2D eigenvalue weighted by molar-refractivity contribution is 5.82. The third kappa shape index (κ3) is 3.70. The van der Waals surface area contributed by atoms with Gasteiger partial charge in [0.05, 0.1) is 0 Å². The minimum Gasteiger partial charge on any atom is -0.356 e. The molecular formula is C17H23F2N3O. The predicted octanol–water partition coefficient (Wildman–Crippen LogP) is 2.08. The van der Waals surface area contributed by atoms with E-state index < -0.39 is 11.6 Å². The second-order valence-electron chi connectivity index (χ2n) is 6.60. The van der Waals surface area contributed by atoms with Crippen molar-refractivity contribution in [1.82, 2.24) is 16.2 Å². The van der Waals surface area contributed by atoms with E-state index in [4.69, 9.17) is 0 Å². The van der Waals surface area contributed by atoms with Crippen molar-refractivity contribution in [1.29, 1.82) is 0 Å². The molecule has 0 bridgehead atoms.